The number of amides is 1. The summed E-state index contributed by atoms with van der Waals surface area (Å²) < 4.78 is 0. The van der Waals surface area contributed by atoms with Crippen LogP contribution in [0.15, 0.2) is 42.5 Å². The Bertz CT molecular complexity index is 424. The third kappa shape index (κ3) is 5.36. The first-order valence-electron chi connectivity index (χ1n) is 5.55. The first-order valence-corrected chi connectivity index (χ1v) is 5.93. The van der Waals surface area contributed by atoms with Crippen LogP contribution in [0.2, 0.25) is 5.02 Å². The van der Waals surface area contributed by atoms with Gasteiger partial charge in [0.15, 0.2) is 0 Å². The van der Waals surface area contributed by atoms with Gasteiger partial charge in [0.25, 0.3) is 0 Å². The SMILES string of the molecule is C/C=C/CCNC(=O)/C=C/c1ccccc1Cl. The molecule has 1 aromatic rings. The lowest BCUT2D eigenvalue weighted by atomic mass is 10.2. The number of allylic oxidation sites excluding steroid dienone is 1. The smallest absolute Gasteiger partial charge is 0.244 e. The second-order valence-corrected chi connectivity index (χ2v) is 3.91. The Morgan fingerprint density at radius 2 is 2.18 bits per heavy atom. The molecule has 0 saturated heterocycles. The van der Waals surface area contributed by atoms with Crippen LogP contribution < -0.4 is 5.32 Å². The zero-order valence-corrected chi connectivity index (χ0v) is 10.6. The molecular formula is C14H16ClNO. The highest BCUT2D eigenvalue weighted by Crippen LogP contribution is 2.15. The minimum absolute atomic E-state index is 0.102. The van der Waals surface area contributed by atoms with Gasteiger partial charge >= 0.3 is 0 Å². The molecular weight excluding hydrogens is 234 g/mol. The van der Waals surface area contributed by atoms with E-state index in [4.69, 9.17) is 11.6 Å². The summed E-state index contributed by atoms with van der Waals surface area (Å²) in [7, 11) is 0. The van der Waals surface area contributed by atoms with Crippen molar-refractivity contribution in [3.05, 3.63) is 53.1 Å². The van der Waals surface area contributed by atoms with Crippen molar-refractivity contribution < 1.29 is 4.79 Å². The second-order valence-electron chi connectivity index (χ2n) is 3.50. The molecule has 90 valence electrons. The third-order valence-electron chi connectivity index (χ3n) is 2.17. The van der Waals surface area contributed by atoms with Crippen LogP contribution >= 0.6 is 11.6 Å². The lowest BCUT2D eigenvalue weighted by Gasteiger charge is -1.99. The van der Waals surface area contributed by atoms with Gasteiger partial charge in [0.2, 0.25) is 5.91 Å². The lowest BCUT2D eigenvalue weighted by Crippen LogP contribution is -2.21. The molecule has 1 N–H and O–H groups in total. The van der Waals surface area contributed by atoms with E-state index in [1.807, 2.05) is 37.3 Å². The summed E-state index contributed by atoms with van der Waals surface area (Å²) in [6.45, 7) is 2.61. The highest BCUT2D eigenvalue weighted by atomic mass is 35.5. The fourth-order valence-electron chi connectivity index (χ4n) is 1.28. The van der Waals surface area contributed by atoms with Gasteiger partial charge in [-0.1, -0.05) is 42.0 Å². The van der Waals surface area contributed by atoms with E-state index in [9.17, 15) is 4.79 Å². The maximum Gasteiger partial charge on any atom is 0.244 e. The molecule has 0 heterocycles. The van der Waals surface area contributed by atoms with Gasteiger partial charge in [0.1, 0.15) is 0 Å². The molecule has 0 saturated carbocycles. The summed E-state index contributed by atoms with van der Waals surface area (Å²) in [6, 6.07) is 7.41. The molecule has 0 unspecified atom stereocenters. The number of rotatable bonds is 5. The van der Waals surface area contributed by atoms with E-state index >= 15 is 0 Å². The zero-order valence-electron chi connectivity index (χ0n) is 9.82. The number of nitrogens with one attached hydrogen (secondary N) is 1. The van der Waals surface area contributed by atoms with Crippen LogP contribution in [0, 0.1) is 0 Å². The van der Waals surface area contributed by atoms with Gasteiger partial charge in [-0.15, -0.1) is 0 Å². The van der Waals surface area contributed by atoms with Crippen molar-refractivity contribution in [2.75, 3.05) is 6.54 Å². The number of carbonyl (C=O) groups is 1. The van der Waals surface area contributed by atoms with E-state index < -0.39 is 0 Å². The molecule has 1 aromatic carbocycles. The van der Waals surface area contributed by atoms with Crippen LogP contribution in [-0.4, -0.2) is 12.5 Å². The van der Waals surface area contributed by atoms with Crippen molar-refractivity contribution >= 4 is 23.6 Å². The van der Waals surface area contributed by atoms with Gasteiger partial charge in [0, 0.05) is 17.6 Å². The molecule has 0 aliphatic heterocycles. The topological polar surface area (TPSA) is 29.1 Å². The van der Waals surface area contributed by atoms with Crippen LogP contribution in [0.5, 0.6) is 0 Å². The normalized spacial score (nSPS) is 11.2. The van der Waals surface area contributed by atoms with Crippen molar-refractivity contribution in [3.63, 3.8) is 0 Å². The predicted molar refractivity (Wildman–Crippen MR) is 72.9 cm³/mol. The van der Waals surface area contributed by atoms with Crippen LogP contribution in [-0.2, 0) is 4.79 Å². The van der Waals surface area contributed by atoms with Gasteiger partial charge in [-0.2, -0.15) is 0 Å². The molecule has 17 heavy (non-hydrogen) atoms. The fraction of sp³-hybridized carbons (Fsp3) is 0.214. The lowest BCUT2D eigenvalue weighted by molar-refractivity contribution is -0.116. The highest BCUT2D eigenvalue weighted by molar-refractivity contribution is 6.32. The molecule has 0 aromatic heterocycles. The zero-order chi connectivity index (χ0) is 12.5. The Balaban J connectivity index is 2.43. The number of hydrogen-bond acceptors (Lipinski definition) is 1. The summed E-state index contributed by atoms with van der Waals surface area (Å²) >= 11 is 5.96. The fourth-order valence-corrected chi connectivity index (χ4v) is 1.48. The minimum atomic E-state index is -0.102. The minimum Gasteiger partial charge on any atom is -0.352 e. The Morgan fingerprint density at radius 1 is 1.41 bits per heavy atom. The molecule has 0 aliphatic carbocycles. The van der Waals surface area contributed by atoms with Crippen molar-refractivity contribution in [1.82, 2.24) is 5.32 Å². The van der Waals surface area contributed by atoms with E-state index in [1.165, 1.54) is 6.08 Å². The Labute approximate surface area is 107 Å². The molecule has 0 bridgehead atoms. The first-order chi connectivity index (χ1) is 8.24. The summed E-state index contributed by atoms with van der Waals surface area (Å²) in [6.07, 6.45) is 8.04. The maximum absolute atomic E-state index is 11.4. The quantitative estimate of drug-likeness (QED) is 0.484. The number of hydrogen-bond donors (Lipinski definition) is 1. The second kappa shape index (κ2) is 7.69. The first kappa shape index (κ1) is 13.5. The van der Waals surface area contributed by atoms with E-state index in [0.717, 1.165) is 12.0 Å². The van der Waals surface area contributed by atoms with Gasteiger partial charge < -0.3 is 5.32 Å². The molecule has 3 heteroatoms. The van der Waals surface area contributed by atoms with Crippen molar-refractivity contribution in [3.8, 4) is 0 Å². The van der Waals surface area contributed by atoms with Gasteiger partial charge in [-0.25, -0.2) is 0 Å². The van der Waals surface area contributed by atoms with Crippen LogP contribution in [0.3, 0.4) is 0 Å². The van der Waals surface area contributed by atoms with Crippen molar-refractivity contribution in [2.45, 2.75) is 13.3 Å². The van der Waals surface area contributed by atoms with Gasteiger partial charge in [-0.3, -0.25) is 4.79 Å². The average Bonchev–Trinajstić information content (AvgIpc) is 2.34. The number of benzene rings is 1. The average molecular weight is 250 g/mol. The predicted octanol–water partition coefficient (Wildman–Crippen LogP) is 3.44. The Morgan fingerprint density at radius 3 is 2.88 bits per heavy atom. The molecule has 1 amide bonds. The molecule has 2 nitrogen and oxygen atoms in total. The summed E-state index contributed by atoms with van der Waals surface area (Å²) in [5.41, 5.74) is 0.845. The molecule has 0 radical (unpaired) electrons. The summed E-state index contributed by atoms with van der Waals surface area (Å²) in [5.74, 6) is -0.102. The maximum atomic E-state index is 11.4. The molecule has 1 rings (SSSR count). The van der Waals surface area contributed by atoms with Crippen LogP contribution in [0.1, 0.15) is 18.9 Å². The number of halogens is 1. The van der Waals surface area contributed by atoms with Crippen molar-refractivity contribution in [2.24, 2.45) is 0 Å². The van der Waals surface area contributed by atoms with Crippen LogP contribution in [0.25, 0.3) is 6.08 Å². The number of carbonyl (C=O) groups excluding carboxylic acids is 1. The van der Waals surface area contributed by atoms with E-state index in [2.05, 4.69) is 5.32 Å². The van der Waals surface area contributed by atoms with Gasteiger partial charge in [0.05, 0.1) is 0 Å². The summed E-state index contributed by atoms with van der Waals surface area (Å²) in [4.78, 5) is 11.4. The summed E-state index contributed by atoms with van der Waals surface area (Å²) in [5, 5.41) is 3.43. The van der Waals surface area contributed by atoms with Crippen molar-refractivity contribution in [1.29, 1.82) is 0 Å². The standard InChI is InChI=1S/C14H16ClNO/c1-2-3-6-11-16-14(17)10-9-12-7-4-5-8-13(12)15/h2-5,7-10H,6,11H2,1H3,(H,16,17)/b3-2+,10-9+. The monoisotopic (exact) mass is 249 g/mol. The van der Waals surface area contributed by atoms with E-state index in [-0.39, 0.29) is 5.91 Å². The molecule has 0 atom stereocenters. The van der Waals surface area contributed by atoms with E-state index in [0.29, 0.717) is 11.6 Å². The highest BCUT2D eigenvalue weighted by Gasteiger charge is 1.96. The molecule has 0 aliphatic rings. The van der Waals surface area contributed by atoms with E-state index in [1.54, 1.807) is 12.1 Å². The Kier molecular flexibility index (Phi) is 6.12. The molecule has 0 spiro atoms. The third-order valence-corrected chi connectivity index (χ3v) is 2.51. The van der Waals surface area contributed by atoms with Crippen LogP contribution in [0.4, 0.5) is 0 Å². The largest absolute Gasteiger partial charge is 0.352 e. The van der Waals surface area contributed by atoms with Gasteiger partial charge in [-0.05, 0) is 31.1 Å². The Hall–Kier alpha value is -1.54. The molecule has 0 fully saturated rings.